The Morgan fingerprint density at radius 3 is 1.11 bits per heavy atom. The topological polar surface area (TPSA) is 91.7 Å². The van der Waals surface area contributed by atoms with Crippen molar-refractivity contribution >= 4 is 11.9 Å². The van der Waals surface area contributed by atoms with Crippen molar-refractivity contribution in [2.24, 2.45) is 0 Å². The second-order valence-corrected chi connectivity index (χ2v) is 0.610. The molecule has 9 heavy (non-hydrogen) atoms. The fraction of sp³-hybridized carbons (Fsp3) is 0. The zero-order chi connectivity index (χ0) is 7.15. The molecule has 0 saturated heterocycles. The molecule has 2 N–H and O–H groups in total. The number of hydrogen-bond acceptors (Lipinski definition) is 3. The number of carboxylic acids is 2. The molecule has 0 atom stereocenters. The van der Waals surface area contributed by atoms with Crippen molar-refractivity contribution in [1.82, 2.24) is 0 Å². The van der Waals surface area contributed by atoms with Gasteiger partial charge in [-0.15, -0.1) is 0 Å². The summed E-state index contributed by atoms with van der Waals surface area (Å²) in [6.45, 7) is 0. The molecule has 0 aromatic heterocycles. The molecular weight excluding hydrogens is 384 g/mol. The van der Waals surface area contributed by atoms with Crippen molar-refractivity contribution in [3.8, 4) is 0 Å². The van der Waals surface area contributed by atoms with E-state index in [0.29, 0.717) is 0 Å². The van der Waals surface area contributed by atoms with E-state index in [1.54, 1.807) is 0 Å². The zero-order valence-electron chi connectivity index (χ0n) is 4.12. The van der Waals surface area contributed by atoms with E-state index >= 15 is 0 Å². The summed E-state index contributed by atoms with van der Waals surface area (Å²) in [4.78, 5) is 18.2. The van der Waals surface area contributed by atoms with Crippen LogP contribution < -0.4 is 0 Å². The van der Waals surface area contributed by atoms with Gasteiger partial charge in [0.25, 0.3) is 0 Å². The average Bonchev–Trinajstić information content (AvgIpc) is 1.72. The van der Waals surface area contributed by atoms with Crippen LogP contribution in [0.4, 0.5) is 0 Å². The van der Waals surface area contributed by atoms with Crippen LogP contribution in [0.25, 0.3) is 0 Å². The van der Waals surface area contributed by atoms with Crippen LogP contribution >= 0.6 is 0 Å². The minimum absolute atomic E-state index is 0. The maximum absolute atomic E-state index is 9.10. The van der Waals surface area contributed by atoms with Gasteiger partial charge in [-0.1, -0.05) is 0 Å². The molecule has 0 spiro atoms. The van der Waals surface area contributed by atoms with E-state index in [0.717, 1.165) is 0 Å². The standard InChI is InChI=1S/C2H2O4.2Ce.O/c3-1(4)2(5)6;;;/h(H,3,4)(H,5,6);;;. The van der Waals surface area contributed by atoms with Gasteiger partial charge in [0.2, 0.25) is 0 Å². The van der Waals surface area contributed by atoms with Crippen molar-refractivity contribution in [3.63, 3.8) is 0 Å². The Morgan fingerprint density at radius 2 is 1.11 bits per heavy atom. The number of carboxylic acid groups (broad SMARTS) is 2. The summed E-state index contributed by atoms with van der Waals surface area (Å²) in [5.41, 5.74) is 0. The van der Waals surface area contributed by atoms with Gasteiger partial charge in [-0.3, -0.25) is 0 Å². The quantitative estimate of drug-likeness (QED) is 0.524. The summed E-state index contributed by atoms with van der Waals surface area (Å²) in [5.74, 6) is -3.65. The van der Waals surface area contributed by atoms with E-state index in [-0.39, 0.29) is 81.5 Å². The van der Waals surface area contributed by atoms with E-state index in [1.807, 2.05) is 0 Å². The van der Waals surface area contributed by atoms with Crippen molar-refractivity contribution in [3.05, 3.63) is 0 Å². The van der Waals surface area contributed by atoms with Gasteiger partial charge >= 0.3 is 52.7 Å². The maximum atomic E-state index is 9.10. The summed E-state index contributed by atoms with van der Waals surface area (Å²) >= 11 is 0.0556. The molecule has 0 aromatic rings. The molecule has 0 rings (SSSR count). The van der Waals surface area contributed by atoms with Crippen LogP contribution in [0.2, 0.25) is 0 Å². The number of carbonyl (C=O) groups is 2. The Labute approximate surface area is 112 Å². The van der Waals surface area contributed by atoms with Crippen LogP contribution in [0.1, 0.15) is 0 Å². The third-order valence-corrected chi connectivity index (χ3v) is 0.183. The minimum atomic E-state index is -1.82. The second kappa shape index (κ2) is 12.2. The predicted molar refractivity (Wildman–Crippen MR) is 16.0 cm³/mol. The van der Waals surface area contributed by atoms with E-state index in [9.17, 15) is 0 Å². The molecule has 0 saturated carbocycles. The normalized spacial score (nSPS) is 5.22. The van der Waals surface area contributed by atoms with Crippen LogP contribution in [-0.4, -0.2) is 22.2 Å². The number of rotatable bonds is 0. The molecule has 0 bridgehead atoms. The third kappa shape index (κ3) is 17.7. The first-order valence-electron chi connectivity index (χ1n) is 1.31. The first-order chi connectivity index (χ1) is 3.64. The Kier molecular flexibility index (Phi) is 22.8. The van der Waals surface area contributed by atoms with E-state index in [4.69, 9.17) is 20.7 Å². The molecule has 0 aromatic carbocycles. The zero-order valence-corrected chi connectivity index (χ0v) is 10.4. The van der Waals surface area contributed by atoms with Crippen molar-refractivity contribution in [2.45, 2.75) is 0 Å². The molecule has 0 radical (unpaired) electrons. The third-order valence-electron chi connectivity index (χ3n) is 0.183. The Hall–Kier alpha value is 1.49. The molecule has 0 aliphatic heterocycles. The second-order valence-electron chi connectivity index (χ2n) is 0.610. The number of hydrogen-bond donors (Lipinski definition) is 2. The van der Waals surface area contributed by atoms with Gasteiger partial charge in [0, 0.05) is 41.7 Å². The van der Waals surface area contributed by atoms with Gasteiger partial charge in [-0.25, -0.2) is 9.59 Å². The summed E-state index contributed by atoms with van der Waals surface area (Å²) in [5, 5.41) is 14.8. The molecule has 0 fully saturated rings. The van der Waals surface area contributed by atoms with Crippen LogP contribution in [0.3, 0.4) is 0 Å². The summed E-state index contributed by atoms with van der Waals surface area (Å²) in [7, 11) is 0. The van der Waals surface area contributed by atoms with Gasteiger partial charge in [0.1, 0.15) is 0 Å². The summed E-state index contributed by atoms with van der Waals surface area (Å²) in [6.07, 6.45) is 0. The average molecular weight is 386 g/mol. The Balaban J connectivity index is -0.000000109. The van der Waals surface area contributed by atoms with Crippen molar-refractivity contribution < 1.29 is 102 Å². The van der Waals surface area contributed by atoms with Crippen LogP contribution in [0.5, 0.6) is 0 Å². The molecule has 48 valence electrons. The SMILES string of the molecule is O=C(O)C(=O)O.[Ce].[O]=[Ce]. The first kappa shape index (κ1) is 16.8. The number of aliphatic carboxylic acids is 2. The molecule has 7 heteroatoms. The fourth-order valence-corrected chi connectivity index (χ4v) is 0. The fourth-order valence-electron chi connectivity index (χ4n) is 0. The van der Waals surface area contributed by atoms with Crippen LogP contribution in [-0.2, 0) is 10.5 Å². The molecule has 5 nitrogen and oxygen atoms in total. The van der Waals surface area contributed by atoms with Crippen molar-refractivity contribution in [1.29, 1.82) is 0 Å². The Bertz CT molecular complexity index is 89.1. The summed E-state index contributed by atoms with van der Waals surface area (Å²) < 4.78 is 8.39. The van der Waals surface area contributed by atoms with Crippen LogP contribution in [0.15, 0.2) is 0 Å². The van der Waals surface area contributed by atoms with E-state index in [2.05, 4.69) is 0 Å². The summed E-state index contributed by atoms with van der Waals surface area (Å²) in [6, 6.07) is 0. The van der Waals surface area contributed by atoms with Gasteiger partial charge in [-0.05, 0) is 0 Å². The van der Waals surface area contributed by atoms with Gasteiger partial charge in [-0.2, -0.15) is 0 Å². The molecule has 0 heterocycles. The van der Waals surface area contributed by atoms with E-state index < -0.39 is 11.9 Å². The van der Waals surface area contributed by atoms with Gasteiger partial charge in [0.05, 0.1) is 0 Å². The monoisotopic (exact) mass is 386 g/mol. The molecular formula is C2H2Ce2O5. The van der Waals surface area contributed by atoms with Gasteiger partial charge in [0.15, 0.2) is 0 Å². The Morgan fingerprint density at radius 1 is 1.00 bits per heavy atom. The molecule has 0 amide bonds. The first-order valence-corrected chi connectivity index (χ1v) is 2.59. The molecule has 0 aliphatic carbocycles. The van der Waals surface area contributed by atoms with Crippen molar-refractivity contribution in [2.75, 3.05) is 0 Å². The molecule has 0 unspecified atom stereocenters. The molecule has 0 aliphatic rings. The van der Waals surface area contributed by atoms with E-state index in [1.165, 1.54) is 0 Å². The van der Waals surface area contributed by atoms with Gasteiger partial charge < -0.3 is 10.2 Å². The predicted octanol–water partition coefficient (Wildman–Crippen LogP) is -0.963. The van der Waals surface area contributed by atoms with Crippen LogP contribution in [0, 0.1) is 81.5 Å².